The third kappa shape index (κ3) is 4.66. The molecule has 8 heteroatoms. The van der Waals surface area contributed by atoms with E-state index in [9.17, 15) is 9.90 Å². The largest absolute Gasteiger partial charge is 0.504 e. The van der Waals surface area contributed by atoms with E-state index in [-0.39, 0.29) is 11.7 Å². The molecule has 0 radical (unpaired) electrons. The summed E-state index contributed by atoms with van der Waals surface area (Å²) in [6.45, 7) is 5.86. The maximum Gasteiger partial charge on any atom is 0.255 e. The van der Waals surface area contributed by atoms with Gasteiger partial charge in [0.05, 0.1) is 18.4 Å². The average molecular weight is 515 g/mol. The number of fused-ring (bicyclic) bond motifs is 1. The first kappa shape index (κ1) is 24.5. The number of amides is 1. The summed E-state index contributed by atoms with van der Waals surface area (Å²) in [6, 6.07) is 19.8. The van der Waals surface area contributed by atoms with Crippen molar-refractivity contribution in [3.8, 4) is 22.8 Å². The number of carbonyl (C=O) groups is 1. The van der Waals surface area contributed by atoms with E-state index in [2.05, 4.69) is 10.6 Å². The minimum atomic E-state index is -0.572. The number of hydrogen-bond acceptors (Lipinski definition) is 5. The topological polar surface area (TPSA) is 88.4 Å². The van der Waals surface area contributed by atoms with Crippen LogP contribution in [-0.2, 0) is 4.79 Å². The Morgan fingerprint density at radius 2 is 1.81 bits per heavy atom. The van der Waals surface area contributed by atoms with Crippen molar-refractivity contribution in [3.05, 3.63) is 99.7 Å². The molecule has 1 amide bonds. The van der Waals surface area contributed by atoms with E-state index in [0.717, 1.165) is 39.5 Å². The number of anilines is 2. The molecule has 1 aliphatic rings. The fourth-order valence-corrected chi connectivity index (χ4v) is 4.77. The number of phenolic OH excluding ortho intramolecular Hbond substituents is 1. The minimum absolute atomic E-state index is 0.0182. The number of aryl methyl sites for hydroxylation is 2. The number of phenols is 1. The van der Waals surface area contributed by atoms with Gasteiger partial charge >= 0.3 is 0 Å². The van der Waals surface area contributed by atoms with Crippen LogP contribution >= 0.6 is 11.6 Å². The third-order valence-electron chi connectivity index (χ3n) is 6.51. The number of allylic oxidation sites excluding steroid dienone is 1. The van der Waals surface area contributed by atoms with Gasteiger partial charge in [0.1, 0.15) is 11.9 Å². The summed E-state index contributed by atoms with van der Waals surface area (Å²) in [4.78, 5) is 13.8. The van der Waals surface area contributed by atoms with Crippen molar-refractivity contribution in [1.29, 1.82) is 0 Å². The molecule has 1 atom stereocenters. The molecule has 37 heavy (non-hydrogen) atoms. The lowest BCUT2D eigenvalue weighted by molar-refractivity contribution is -0.113. The molecule has 0 aliphatic carbocycles. The number of aromatic hydroxyl groups is 1. The Balaban J connectivity index is 1.62. The number of methoxy groups -OCH3 is 1. The molecule has 4 aromatic rings. The van der Waals surface area contributed by atoms with Gasteiger partial charge in [0, 0.05) is 28.0 Å². The second-order valence-corrected chi connectivity index (χ2v) is 9.57. The molecular weight excluding hydrogens is 488 g/mol. The van der Waals surface area contributed by atoms with Crippen LogP contribution in [0, 0.1) is 13.8 Å². The van der Waals surface area contributed by atoms with E-state index >= 15 is 0 Å². The Morgan fingerprint density at radius 3 is 2.51 bits per heavy atom. The average Bonchev–Trinajstić information content (AvgIpc) is 3.29. The maximum absolute atomic E-state index is 13.8. The normalized spacial score (nSPS) is 14.7. The number of nitrogens with zero attached hydrogens (tertiary/aromatic N) is 2. The van der Waals surface area contributed by atoms with Gasteiger partial charge in [-0.3, -0.25) is 4.79 Å². The summed E-state index contributed by atoms with van der Waals surface area (Å²) in [5.74, 6) is 0.824. The number of nitrogens with one attached hydrogen (secondary N) is 2. The lowest BCUT2D eigenvalue weighted by Gasteiger charge is -2.30. The lowest BCUT2D eigenvalue weighted by Crippen LogP contribution is -2.31. The molecule has 0 fully saturated rings. The van der Waals surface area contributed by atoms with Crippen LogP contribution in [0.3, 0.4) is 0 Å². The maximum atomic E-state index is 13.8. The van der Waals surface area contributed by atoms with Crippen LogP contribution < -0.4 is 15.4 Å². The zero-order valence-corrected chi connectivity index (χ0v) is 21.7. The molecule has 5 rings (SSSR count). The quantitative estimate of drug-likeness (QED) is 0.284. The van der Waals surface area contributed by atoms with Crippen molar-refractivity contribution < 1.29 is 14.6 Å². The monoisotopic (exact) mass is 514 g/mol. The zero-order chi connectivity index (χ0) is 26.3. The molecule has 0 bridgehead atoms. The van der Waals surface area contributed by atoms with Crippen LogP contribution in [0.4, 0.5) is 11.5 Å². The van der Waals surface area contributed by atoms with E-state index in [4.69, 9.17) is 21.4 Å². The molecule has 3 aromatic carbocycles. The number of rotatable bonds is 5. The molecule has 7 nitrogen and oxygen atoms in total. The Kier molecular flexibility index (Phi) is 6.39. The number of carbonyl (C=O) groups excluding carboxylic acids is 1. The standard InChI is InChI=1S/C29H27ClN4O3/c1-16-5-11-22(17(2)13-16)32-29(36)27-18(3)31-26-15-23(19-6-9-21(30)10-7-19)33-34(26)28(27)20-8-12-24(35)25(14-20)37-4/h5-15,28,31,35H,1-4H3,(H,32,36)/t28-/m1/s1. The predicted octanol–water partition coefficient (Wildman–Crippen LogP) is 6.46. The van der Waals surface area contributed by atoms with Crippen LogP contribution in [0.1, 0.15) is 29.7 Å². The number of hydrogen-bond donors (Lipinski definition) is 3. The Morgan fingerprint density at radius 1 is 1.05 bits per heavy atom. The molecular formula is C29H27ClN4O3. The summed E-state index contributed by atoms with van der Waals surface area (Å²) >= 11 is 6.08. The van der Waals surface area contributed by atoms with Crippen molar-refractivity contribution in [3.63, 3.8) is 0 Å². The van der Waals surface area contributed by atoms with Gasteiger partial charge in [-0.25, -0.2) is 4.68 Å². The Labute approximate surface area is 220 Å². The first-order valence-electron chi connectivity index (χ1n) is 11.8. The number of aromatic nitrogens is 2. The van der Waals surface area contributed by atoms with Gasteiger partial charge in [-0.15, -0.1) is 0 Å². The Hall–Kier alpha value is -4.23. The van der Waals surface area contributed by atoms with Crippen molar-refractivity contribution in [2.75, 3.05) is 17.7 Å². The van der Waals surface area contributed by atoms with Crippen molar-refractivity contribution in [1.82, 2.24) is 9.78 Å². The van der Waals surface area contributed by atoms with Crippen LogP contribution in [0.25, 0.3) is 11.3 Å². The summed E-state index contributed by atoms with van der Waals surface area (Å²) in [6.07, 6.45) is 0. The fraction of sp³-hybridized carbons (Fsp3) is 0.172. The molecule has 3 N–H and O–H groups in total. The summed E-state index contributed by atoms with van der Waals surface area (Å²) in [5, 5.41) is 22.2. The van der Waals surface area contributed by atoms with Crippen LogP contribution in [0.2, 0.25) is 5.02 Å². The molecule has 0 spiro atoms. The number of halogens is 1. The van der Waals surface area contributed by atoms with E-state index < -0.39 is 6.04 Å². The molecule has 0 saturated carbocycles. The zero-order valence-electron chi connectivity index (χ0n) is 21.0. The van der Waals surface area contributed by atoms with Crippen molar-refractivity contribution in [2.24, 2.45) is 0 Å². The van der Waals surface area contributed by atoms with Gasteiger partial charge in [-0.1, -0.05) is 47.5 Å². The van der Waals surface area contributed by atoms with Gasteiger partial charge in [-0.2, -0.15) is 5.10 Å². The van der Waals surface area contributed by atoms with Crippen molar-refractivity contribution in [2.45, 2.75) is 26.8 Å². The number of benzene rings is 3. The highest BCUT2D eigenvalue weighted by molar-refractivity contribution is 6.30. The molecule has 188 valence electrons. The van der Waals surface area contributed by atoms with E-state index in [1.54, 1.807) is 22.9 Å². The molecule has 0 unspecified atom stereocenters. The van der Waals surface area contributed by atoms with Crippen LogP contribution in [0.5, 0.6) is 11.5 Å². The molecule has 1 aliphatic heterocycles. The third-order valence-corrected chi connectivity index (χ3v) is 6.76. The van der Waals surface area contributed by atoms with Gasteiger partial charge in [0.25, 0.3) is 5.91 Å². The lowest BCUT2D eigenvalue weighted by atomic mass is 9.94. The van der Waals surface area contributed by atoms with Crippen LogP contribution in [0.15, 0.2) is 78.0 Å². The van der Waals surface area contributed by atoms with Crippen LogP contribution in [-0.4, -0.2) is 27.9 Å². The van der Waals surface area contributed by atoms with Gasteiger partial charge in [0.2, 0.25) is 0 Å². The predicted molar refractivity (Wildman–Crippen MR) is 146 cm³/mol. The van der Waals surface area contributed by atoms with Gasteiger partial charge < -0.3 is 20.5 Å². The first-order valence-corrected chi connectivity index (χ1v) is 12.2. The highest BCUT2D eigenvalue weighted by atomic mass is 35.5. The molecule has 0 saturated heterocycles. The second-order valence-electron chi connectivity index (χ2n) is 9.14. The minimum Gasteiger partial charge on any atom is -0.504 e. The fourth-order valence-electron chi connectivity index (χ4n) is 4.64. The number of ether oxygens (including phenoxy) is 1. The van der Waals surface area contributed by atoms with Crippen molar-refractivity contribution >= 4 is 29.0 Å². The van der Waals surface area contributed by atoms with E-state index in [1.165, 1.54) is 7.11 Å². The SMILES string of the molecule is COc1cc([C@@H]2C(C(=O)Nc3ccc(C)cc3C)=C(C)Nc3cc(-c4ccc(Cl)cc4)nn32)ccc1O. The Bertz CT molecular complexity index is 1540. The van der Waals surface area contributed by atoms with Gasteiger partial charge in [-0.05, 0) is 62.2 Å². The second kappa shape index (κ2) is 9.67. The summed E-state index contributed by atoms with van der Waals surface area (Å²) in [7, 11) is 1.49. The highest BCUT2D eigenvalue weighted by Gasteiger charge is 2.34. The first-order chi connectivity index (χ1) is 17.7. The van der Waals surface area contributed by atoms with E-state index in [0.29, 0.717) is 22.0 Å². The molecule has 2 heterocycles. The summed E-state index contributed by atoms with van der Waals surface area (Å²) in [5.41, 5.74) is 6.42. The van der Waals surface area contributed by atoms with E-state index in [1.807, 2.05) is 69.3 Å². The smallest absolute Gasteiger partial charge is 0.255 e. The van der Waals surface area contributed by atoms with Gasteiger partial charge in [0.15, 0.2) is 11.5 Å². The highest BCUT2D eigenvalue weighted by Crippen LogP contribution is 2.40. The summed E-state index contributed by atoms with van der Waals surface area (Å²) < 4.78 is 7.16. The molecule has 1 aromatic heterocycles.